The first kappa shape index (κ1) is 17.5. The fourth-order valence-electron chi connectivity index (χ4n) is 2.58. The Morgan fingerprint density at radius 2 is 1.95 bits per heavy atom. The van der Waals surface area contributed by atoms with Gasteiger partial charge in [0.05, 0.1) is 19.8 Å². The van der Waals surface area contributed by atoms with Gasteiger partial charge in [0, 0.05) is 6.42 Å². The summed E-state index contributed by atoms with van der Waals surface area (Å²) in [5, 5.41) is 0. The van der Waals surface area contributed by atoms with Gasteiger partial charge in [0.2, 0.25) is 0 Å². The first-order chi connectivity index (χ1) is 10.2. The lowest BCUT2D eigenvalue weighted by molar-refractivity contribution is 0.0969. The second kappa shape index (κ2) is 9.40. The normalized spacial score (nSPS) is 12.0. The quantitative estimate of drug-likeness (QED) is 0.671. The number of methoxy groups -OCH3 is 2. The average molecular weight is 293 g/mol. The third-order valence-corrected chi connectivity index (χ3v) is 3.76. The molecule has 4 heteroatoms. The van der Waals surface area contributed by atoms with Gasteiger partial charge in [-0.3, -0.25) is 4.79 Å². The Balaban J connectivity index is 2.73. The molecule has 1 aromatic carbocycles. The van der Waals surface area contributed by atoms with Crippen LogP contribution >= 0.6 is 0 Å². The van der Waals surface area contributed by atoms with E-state index in [1.165, 1.54) is 0 Å². The van der Waals surface area contributed by atoms with Crippen molar-refractivity contribution in [2.24, 2.45) is 11.7 Å². The molecular weight excluding hydrogens is 266 g/mol. The zero-order valence-electron chi connectivity index (χ0n) is 13.4. The topological polar surface area (TPSA) is 61.6 Å². The summed E-state index contributed by atoms with van der Waals surface area (Å²) in [5.41, 5.74) is 6.24. The minimum Gasteiger partial charge on any atom is -0.497 e. The average Bonchev–Trinajstić information content (AvgIpc) is 2.52. The number of ether oxygens (including phenoxy) is 2. The first-order valence-electron chi connectivity index (χ1n) is 7.61. The van der Waals surface area contributed by atoms with E-state index in [-0.39, 0.29) is 5.78 Å². The van der Waals surface area contributed by atoms with Crippen molar-refractivity contribution in [1.82, 2.24) is 0 Å². The molecule has 0 aliphatic rings. The van der Waals surface area contributed by atoms with Crippen LogP contribution in [0.4, 0.5) is 0 Å². The predicted octanol–water partition coefficient (Wildman–Crippen LogP) is 3.43. The van der Waals surface area contributed by atoms with E-state index < -0.39 is 0 Å². The van der Waals surface area contributed by atoms with Gasteiger partial charge in [0.1, 0.15) is 11.5 Å². The number of nitrogens with two attached hydrogens (primary N) is 1. The third-order valence-electron chi connectivity index (χ3n) is 3.76. The molecule has 0 aliphatic heterocycles. The van der Waals surface area contributed by atoms with Crippen molar-refractivity contribution in [2.45, 2.75) is 39.0 Å². The summed E-state index contributed by atoms with van der Waals surface area (Å²) in [6, 6.07) is 5.32. The standard InChI is InChI=1S/C17H27NO3/c1-4-5-13(10-11-18)6-8-16(19)15-12-14(20-2)7-9-17(15)21-3/h7,9,12-13H,4-6,8,10-11,18H2,1-3H3. The molecule has 21 heavy (non-hydrogen) atoms. The highest BCUT2D eigenvalue weighted by molar-refractivity contribution is 5.99. The summed E-state index contributed by atoms with van der Waals surface area (Å²) in [7, 11) is 3.17. The smallest absolute Gasteiger partial charge is 0.166 e. The monoisotopic (exact) mass is 293 g/mol. The Labute approximate surface area is 127 Å². The molecule has 1 atom stereocenters. The van der Waals surface area contributed by atoms with E-state index in [0.29, 0.717) is 35.9 Å². The number of carbonyl (C=O) groups is 1. The van der Waals surface area contributed by atoms with Crippen LogP contribution < -0.4 is 15.2 Å². The molecule has 118 valence electrons. The number of rotatable bonds is 10. The molecule has 0 aromatic heterocycles. The van der Waals surface area contributed by atoms with Crippen LogP contribution in [0.1, 0.15) is 49.4 Å². The van der Waals surface area contributed by atoms with Crippen LogP contribution in [0, 0.1) is 5.92 Å². The van der Waals surface area contributed by atoms with Crippen molar-refractivity contribution in [2.75, 3.05) is 20.8 Å². The van der Waals surface area contributed by atoms with Crippen LogP contribution in [0.2, 0.25) is 0 Å². The Morgan fingerprint density at radius 3 is 2.52 bits per heavy atom. The van der Waals surface area contributed by atoms with Gasteiger partial charge in [-0.05, 0) is 43.5 Å². The molecule has 0 heterocycles. The van der Waals surface area contributed by atoms with Crippen molar-refractivity contribution >= 4 is 5.78 Å². The van der Waals surface area contributed by atoms with Crippen LogP contribution in [0.5, 0.6) is 11.5 Å². The minimum absolute atomic E-state index is 0.101. The molecule has 1 aromatic rings. The fourth-order valence-corrected chi connectivity index (χ4v) is 2.58. The Kier molecular flexibility index (Phi) is 7.83. The zero-order valence-corrected chi connectivity index (χ0v) is 13.4. The summed E-state index contributed by atoms with van der Waals surface area (Å²) < 4.78 is 10.5. The summed E-state index contributed by atoms with van der Waals surface area (Å²) in [4.78, 5) is 12.4. The predicted molar refractivity (Wildman–Crippen MR) is 85.2 cm³/mol. The van der Waals surface area contributed by atoms with E-state index in [0.717, 1.165) is 25.7 Å². The van der Waals surface area contributed by atoms with Crippen molar-refractivity contribution in [3.05, 3.63) is 23.8 Å². The van der Waals surface area contributed by atoms with E-state index in [4.69, 9.17) is 15.2 Å². The highest BCUT2D eigenvalue weighted by Gasteiger charge is 2.16. The van der Waals surface area contributed by atoms with Gasteiger partial charge in [-0.25, -0.2) is 0 Å². The molecule has 0 amide bonds. The van der Waals surface area contributed by atoms with E-state index in [1.54, 1.807) is 32.4 Å². The number of carbonyl (C=O) groups excluding carboxylic acids is 1. The molecule has 4 nitrogen and oxygen atoms in total. The van der Waals surface area contributed by atoms with E-state index in [1.807, 2.05) is 0 Å². The molecule has 0 bridgehead atoms. The number of Topliss-reactive ketones (excluding diaryl/α,β-unsaturated/α-hetero) is 1. The van der Waals surface area contributed by atoms with Gasteiger partial charge in [-0.1, -0.05) is 19.8 Å². The summed E-state index contributed by atoms with van der Waals surface area (Å²) >= 11 is 0. The summed E-state index contributed by atoms with van der Waals surface area (Å²) in [5.74, 6) is 1.90. The second-order valence-electron chi connectivity index (χ2n) is 5.26. The van der Waals surface area contributed by atoms with Crippen molar-refractivity contribution in [3.8, 4) is 11.5 Å². The lowest BCUT2D eigenvalue weighted by Gasteiger charge is -2.15. The Bertz CT molecular complexity index is 440. The number of benzene rings is 1. The highest BCUT2D eigenvalue weighted by Crippen LogP contribution is 2.27. The second-order valence-corrected chi connectivity index (χ2v) is 5.26. The Hall–Kier alpha value is -1.55. The van der Waals surface area contributed by atoms with Crippen LogP contribution in [0.15, 0.2) is 18.2 Å². The van der Waals surface area contributed by atoms with Crippen molar-refractivity contribution in [3.63, 3.8) is 0 Å². The molecule has 0 fully saturated rings. The molecule has 0 saturated carbocycles. The number of hydrogen-bond donors (Lipinski definition) is 1. The van der Waals surface area contributed by atoms with Gasteiger partial charge >= 0.3 is 0 Å². The van der Waals surface area contributed by atoms with Gasteiger partial charge in [0.25, 0.3) is 0 Å². The van der Waals surface area contributed by atoms with Crippen LogP contribution in [0.3, 0.4) is 0 Å². The van der Waals surface area contributed by atoms with Crippen molar-refractivity contribution in [1.29, 1.82) is 0 Å². The molecule has 1 rings (SSSR count). The third kappa shape index (κ3) is 5.38. The van der Waals surface area contributed by atoms with Gasteiger partial charge in [0.15, 0.2) is 5.78 Å². The lowest BCUT2D eigenvalue weighted by Crippen LogP contribution is -2.11. The molecule has 1 unspecified atom stereocenters. The van der Waals surface area contributed by atoms with E-state index >= 15 is 0 Å². The van der Waals surface area contributed by atoms with E-state index in [9.17, 15) is 4.79 Å². The zero-order chi connectivity index (χ0) is 15.7. The maximum Gasteiger partial charge on any atom is 0.166 e. The first-order valence-corrected chi connectivity index (χ1v) is 7.61. The SMILES string of the molecule is CCCC(CCN)CCC(=O)c1cc(OC)ccc1OC. The molecule has 0 aliphatic carbocycles. The highest BCUT2D eigenvalue weighted by atomic mass is 16.5. The number of hydrogen-bond acceptors (Lipinski definition) is 4. The van der Waals surface area contributed by atoms with Crippen LogP contribution in [-0.4, -0.2) is 26.5 Å². The summed E-state index contributed by atoms with van der Waals surface area (Å²) in [6.45, 7) is 2.85. The van der Waals surface area contributed by atoms with E-state index in [2.05, 4.69) is 6.92 Å². The molecule has 0 radical (unpaired) electrons. The molecule has 2 N–H and O–H groups in total. The lowest BCUT2D eigenvalue weighted by atomic mass is 9.92. The van der Waals surface area contributed by atoms with Crippen LogP contribution in [-0.2, 0) is 0 Å². The van der Waals surface area contributed by atoms with Crippen molar-refractivity contribution < 1.29 is 14.3 Å². The van der Waals surface area contributed by atoms with Gasteiger partial charge in [-0.15, -0.1) is 0 Å². The minimum atomic E-state index is 0.101. The summed E-state index contributed by atoms with van der Waals surface area (Å²) in [6.07, 6.45) is 4.63. The fraction of sp³-hybridized carbons (Fsp3) is 0.588. The molecule has 0 saturated heterocycles. The van der Waals surface area contributed by atoms with Gasteiger partial charge in [-0.2, -0.15) is 0 Å². The number of ketones is 1. The molecule has 0 spiro atoms. The molecular formula is C17H27NO3. The maximum absolute atomic E-state index is 12.4. The maximum atomic E-state index is 12.4. The van der Waals surface area contributed by atoms with Crippen LogP contribution in [0.25, 0.3) is 0 Å². The van der Waals surface area contributed by atoms with Gasteiger partial charge < -0.3 is 15.2 Å². The Morgan fingerprint density at radius 1 is 1.19 bits per heavy atom. The largest absolute Gasteiger partial charge is 0.497 e.